The van der Waals surface area contributed by atoms with Gasteiger partial charge in [0.15, 0.2) is 0 Å². The van der Waals surface area contributed by atoms with Gasteiger partial charge in [-0.2, -0.15) is 0 Å². The number of aromatic amines is 2. The number of fused-ring (bicyclic) bond motifs is 1. The zero-order chi connectivity index (χ0) is 12.9. The van der Waals surface area contributed by atoms with Crippen LogP contribution < -0.4 is 5.73 Å². The lowest BCUT2D eigenvalue weighted by Crippen LogP contribution is -1.84. The summed E-state index contributed by atoms with van der Waals surface area (Å²) in [6, 6.07) is 7.34. The molecule has 2 heterocycles. The molecule has 0 saturated carbocycles. The molecule has 4 nitrogen and oxygen atoms in total. The van der Waals surface area contributed by atoms with Gasteiger partial charge in [0.25, 0.3) is 0 Å². The first kappa shape index (κ1) is 10.8. The van der Waals surface area contributed by atoms with Gasteiger partial charge in [-0.05, 0) is 43.7 Å². The van der Waals surface area contributed by atoms with Crippen LogP contribution in [0.15, 0.2) is 24.3 Å². The molecular formula is C14H15N3O. The van der Waals surface area contributed by atoms with Gasteiger partial charge in [-0.15, -0.1) is 0 Å². The monoisotopic (exact) mass is 241 g/mol. The minimum atomic E-state index is 0.213. The van der Waals surface area contributed by atoms with Gasteiger partial charge in [-0.3, -0.25) is 0 Å². The second-order valence-electron chi connectivity index (χ2n) is 4.64. The highest BCUT2D eigenvalue weighted by molar-refractivity contribution is 5.97. The van der Waals surface area contributed by atoms with E-state index in [0.717, 1.165) is 22.5 Å². The second-order valence-corrected chi connectivity index (χ2v) is 4.64. The van der Waals surface area contributed by atoms with E-state index in [1.54, 1.807) is 12.1 Å². The Morgan fingerprint density at radius 1 is 1.06 bits per heavy atom. The Kier molecular flexibility index (Phi) is 2.13. The molecular weight excluding hydrogens is 226 g/mol. The predicted molar refractivity (Wildman–Crippen MR) is 73.6 cm³/mol. The number of phenolic OH excluding ortho intramolecular Hbond substituents is 1. The van der Waals surface area contributed by atoms with E-state index in [-0.39, 0.29) is 5.75 Å². The van der Waals surface area contributed by atoms with Crippen LogP contribution in [0.3, 0.4) is 0 Å². The molecule has 0 aliphatic carbocycles. The van der Waals surface area contributed by atoms with Gasteiger partial charge in [0, 0.05) is 16.8 Å². The minimum Gasteiger partial charge on any atom is -0.506 e. The Bertz CT molecular complexity index is 678. The van der Waals surface area contributed by atoms with Crippen molar-refractivity contribution in [1.29, 1.82) is 0 Å². The quantitative estimate of drug-likeness (QED) is 0.390. The van der Waals surface area contributed by atoms with Crippen LogP contribution in [0.1, 0.15) is 11.3 Å². The van der Waals surface area contributed by atoms with Crippen molar-refractivity contribution in [2.75, 3.05) is 5.73 Å². The van der Waals surface area contributed by atoms with Crippen molar-refractivity contribution in [2.45, 2.75) is 13.8 Å². The van der Waals surface area contributed by atoms with Crippen molar-refractivity contribution in [3.63, 3.8) is 0 Å². The predicted octanol–water partition coefficient (Wildman–Crippen LogP) is 3.07. The van der Waals surface area contributed by atoms with Crippen molar-refractivity contribution in [1.82, 2.24) is 9.97 Å². The van der Waals surface area contributed by atoms with E-state index in [2.05, 4.69) is 23.0 Å². The molecule has 0 spiro atoms. The highest BCUT2D eigenvalue weighted by atomic mass is 16.3. The standard InChI is InChI=1S/C14H15N3O/c1-7-5-11(16-8(7)2)12-6-9-10(15)3-4-13(18)14(9)17-12/h3-6,16-18H,15H2,1-2H3. The Morgan fingerprint density at radius 2 is 1.78 bits per heavy atom. The molecule has 0 aliphatic rings. The Labute approximate surface area is 104 Å². The summed E-state index contributed by atoms with van der Waals surface area (Å²) in [6.07, 6.45) is 0. The van der Waals surface area contributed by atoms with E-state index in [1.165, 1.54) is 5.56 Å². The molecule has 0 aliphatic heterocycles. The van der Waals surface area contributed by atoms with Crippen LogP contribution >= 0.6 is 0 Å². The summed E-state index contributed by atoms with van der Waals surface area (Å²) >= 11 is 0. The van der Waals surface area contributed by atoms with E-state index in [0.29, 0.717) is 11.2 Å². The van der Waals surface area contributed by atoms with Gasteiger partial charge < -0.3 is 20.8 Å². The van der Waals surface area contributed by atoms with Gasteiger partial charge in [-0.25, -0.2) is 0 Å². The van der Waals surface area contributed by atoms with Gasteiger partial charge in [-0.1, -0.05) is 0 Å². The third-order valence-corrected chi connectivity index (χ3v) is 3.37. The van der Waals surface area contributed by atoms with Crippen molar-refractivity contribution >= 4 is 16.6 Å². The average molecular weight is 241 g/mol. The number of H-pyrrole nitrogens is 2. The number of anilines is 1. The first-order chi connectivity index (χ1) is 8.56. The lowest BCUT2D eigenvalue weighted by Gasteiger charge is -1.97. The number of nitrogens with one attached hydrogen (secondary N) is 2. The molecule has 18 heavy (non-hydrogen) atoms. The summed E-state index contributed by atoms with van der Waals surface area (Å²) < 4.78 is 0. The summed E-state index contributed by atoms with van der Waals surface area (Å²) in [5.41, 5.74) is 11.5. The number of benzene rings is 1. The minimum absolute atomic E-state index is 0.213. The highest BCUT2D eigenvalue weighted by Gasteiger charge is 2.11. The second kappa shape index (κ2) is 3.57. The molecule has 5 N–H and O–H groups in total. The van der Waals surface area contributed by atoms with Crippen molar-refractivity contribution < 1.29 is 5.11 Å². The van der Waals surface area contributed by atoms with Crippen LogP contribution in [-0.2, 0) is 0 Å². The van der Waals surface area contributed by atoms with Crippen LogP contribution in [0, 0.1) is 13.8 Å². The summed E-state index contributed by atoms with van der Waals surface area (Å²) in [5.74, 6) is 0.213. The maximum Gasteiger partial charge on any atom is 0.139 e. The van der Waals surface area contributed by atoms with Crippen LogP contribution in [0.4, 0.5) is 5.69 Å². The number of phenols is 1. The molecule has 0 radical (unpaired) electrons. The topological polar surface area (TPSA) is 77.8 Å². The molecule has 1 aromatic carbocycles. The summed E-state index contributed by atoms with van der Waals surface area (Å²) in [4.78, 5) is 6.51. The summed E-state index contributed by atoms with van der Waals surface area (Å²) in [5, 5.41) is 10.7. The van der Waals surface area contributed by atoms with Crippen LogP contribution in [-0.4, -0.2) is 15.1 Å². The maximum atomic E-state index is 9.82. The fourth-order valence-electron chi connectivity index (χ4n) is 2.18. The summed E-state index contributed by atoms with van der Waals surface area (Å²) in [7, 11) is 0. The number of hydrogen-bond donors (Lipinski definition) is 4. The largest absolute Gasteiger partial charge is 0.506 e. The van der Waals surface area contributed by atoms with Crippen molar-refractivity contribution in [3.8, 4) is 17.1 Å². The SMILES string of the molecule is Cc1cc(-c2cc3c(N)ccc(O)c3[nH]2)[nH]c1C. The van der Waals surface area contributed by atoms with Crippen molar-refractivity contribution in [2.24, 2.45) is 0 Å². The molecule has 0 atom stereocenters. The molecule has 0 saturated heterocycles. The number of nitrogen functional groups attached to an aromatic ring is 1. The number of aromatic hydroxyl groups is 1. The smallest absolute Gasteiger partial charge is 0.139 e. The number of hydrogen-bond acceptors (Lipinski definition) is 2. The van der Waals surface area contributed by atoms with Crippen LogP contribution in [0.2, 0.25) is 0 Å². The number of aromatic nitrogens is 2. The molecule has 3 rings (SSSR count). The van der Waals surface area contributed by atoms with E-state index >= 15 is 0 Å². The Balaban J connectivity index is 2.25. The number of rotatable bonds is 1. The third-order valence-electron chi connectivity index (χ3n) is 3.37. The number of nitrogens with two attached hydrogens (primary N) is 1. The van der Waals surface area contributed by atoms with Gasteiger partial charge in [0.1, 0.15) is 5.75 Å². The first-order valence-corrected chi connectivity index (χ1v) is 5.83. The van der Waals surface area contributed by atoms with Gasteiger partial charge >= 0.3 is 0 Å². The number of aryl methyl sites for hydroxylation is 2. The normalized spacial score (nSPS) is 11.2. The fraction of sp³-hybridized carbons (Fsp3) is 0.143. The zero-order valence-corrected chi connectivity index (χ0v) is 10.3. The van der Waals surface area contributed by atoms with Gasteiger partial charge in [0.2, 0.25) is 0 Å². The molecule has 0 fully saturated rings. The van der Waals surface area contributed by atoms with E-state index in [4.69, 9.17) is 5.73 Å². The van der Waals surface area contributed by atoms with Gasteiger partial charge in [0.05, 0.1) is 16.9 Å². The molecule has 2 aromatic heterocycles. The summed E-state index contributed by atoms with van der Waals surface area (Å²) in [6.45, 7) is 4.09. The highest BCUT2D eigenvalue weighted by Crippen LogP contribution is 2.33. The Morgan fingerprint density at radius 3 is 2.39 bits per heavy atom. The molecule has 0 unspecified atom stereocenters. The third kappa shape index (κ3) is 1.46. The molecule has 0 amide bonds. The van der Waals surface area contributed by atoms with E-state index in [9.17, 15) is 5.11 Å². The average Bonchev–Trinajstić information content (AvgIpc) is 2.90. The molecule has 0 bridgehead atoms. The fourth-order valence-corrected chi connectivity index (χ4v) is 2.18. The van der Waals surface area contributed by atoms with Crippen LogP contribution in [0.25, 0.3) is 22.3 Å². The first-order valence-electron chi connectivity index (χ1n) is 5.83. The zero-order valence-electron chi connectivity index (χ0n) is 10.3. The lowest BCUT2D eigenvalue weighted by molar-refractivity contribution is 0.480. The lowest BCUT2D eigenvalue weighted by atomic mass is 10.2. The van der Waals surface area contributed by atoms with Crippen molar-refractivity contribution in [3.05, 3.63) is 35.5 Å². The molecule has 92 valence electrons. The molecule has 3 aromatic rings. The van der Waals surface area contributed by atoms with Crippen LogP contribution in [0.5, 0.6) is 5.75 Å². The Hall–Kier alpha value is -2.36. The molecule has 4 heteroatoms. The van der Waals surface area contributed by atoms with E-state index in [1.807, 2.05) is 13.0 Å². The van der Waals surface area contributed by atoms with E-state index < -0.39 is 0 Å². The maximum absolute atomic E-state index is 9.82.